The van der Waals surface area contributed by atoms with Gasteiger partial charge in [-0.25, -0.2) is 14.8 Å². The average molecular weight is 225 g/mol. The molecule has 1 aromatic heterocycles. The first-order valence-corrected chi connectivity index (χ1v) is 4.51. The topological polar surface area (TPSA) is 101 Å². The van der Waals surface area contributed by atoms with Crippen LogP contribution in [0.1, 0.15) is 6.92 Å². The molecule has 2 N–H and O–H groups in total. The van der Waals surface area contributed by atoms with E-state index in [-0.39, 0.29) is 12.6 Å². The van der Waals surface area contributed by atoms with Gasteiger partial charge >= 0.3 is 5.97 Å². The predicted molar refractivity (Wildman–Crippen MR) is 53.7 cm³/mol. The minimum Gasteiger partial charge on any atom is -0.479 e. The number of anilines is 1. The number of carboxylic acid groups (broad SMARTS) is 1. The second-order valence-electron chi connectivity index (χ2n) is 2.91. The maximum absolute atomic E-state index is 11.2. The Labute approximate surface area is 91.5 Å². The van der Waals surface area contributed by atoms with E-state index in [4.69, 9.17) is 9.84 Å². The molecule has 0 aliphatic heterocycles. The zero-order valence-corrected chi connectivity index (χ0v) is 8.58. The highest BCUT2D eigenvalue weighted by Gasteiger charge is 2.13. The summed E-state index contributed by atoms with van der Waals surface area (Å²) in [5, 5.41) is 10.9. The molecule has 0 saturated carbocycles. The molecule has 7 heteroatoms. The largest absolute Gasteiger partial charge is 0.479 e. The molecule has 7 nitrogen and oxygen atoms in total. The molecule has 1 rings (SSSR count). The number of carbonyl (C=O) groups excluding carboxylic acids is 1. The van der Waals surface area contributed by atoms with Crippen molar-refractivity contribution in [3.05, 3.63) is 18.5 Å². The SMILES string of the molecule is C[C@@H](OCC(=O)Nc1ncccn1)C(=O)O. The maximum atomic E-state index is 11.2. The van der Waals surface area contributed by atoms with Gasteiger partial charge in [0.1, 0.15) is 6.61 Å². The standard InChI is InChI=1S/C9H11N3O4/c1-6(8(14)15)16-5-7(13)12-9-10-3-2-4-11-9/h2-4,6H,5H2,1H3,(H,14,15)(H,10,11,12,13)/t6-/m1/s1. The van der Waals surface area contributed by atoms with Crippen LogP contribution in [0.3, 0.4) is 0 Å². The Bertz CT molecular complexity index is 368. The van der Waals surface area contributed by atoms with Gasteiger partial charge in [0.2, 0.25) is 5.95 Å². The lowest BCUT2D eigenvalue weighted by molar-refractivity contribution is -0.150. The zero-order chi connectivity index (χ0) is 12.0. The Kier molecular flexibility index (Phi) is 4.34. The summed E-state index contributed by atoms with van der Waals surface area (Å²) < 4.78 is 4.77. The van der Waals surface area contributed by atoms with E-state index >= 15 is 0 Å². The van der Waals surface area contributed by atoms with E-state index in [1.54, 1.807) is 6.07 Å². The smallest absolute Gasteiger partial charge is 0.332 e. The number of amides is 1. The summed E-state index contributed by atoms with van der Waals surface area (Å²) >= 11 is 0. The Morgan fingerprint density at radius 1 is 1.50 bits per heavy atom. The van der Waals surface area contributed by atoms with Crippen molar-refractivity contribution in [3.8, 4) is 0 Å². The third-order valence-corrected chi connectivity index (χ3v) is 1.63. The molecule has 0 aromatic carbocycles. The highest BCUT2D eigenvalue weighted by Crippen LogP contribution is 1.95. The number of hydrogen-bond acceptors (Lipinski definition) is 5. The third kappa shape index (κ3) is 4.01. The molecule has 1 amide bonds. The number of carbonyl (C=O) groups is 2. The maximum Gasteiger partial charge on any atom is 0.332 e. The van der Waals surface area contributed by atoms with E-state index in [1.807, 2.05) is 0 Å². The van der Waals surface area contributed by atoms with Crippen molar-refractivity contribution in [1.82, 2.24) is 9.97 Å². The van der Waals surface area contributed by atoms with Gasteiger partial charge in [-0.1, -0.05) is 0 Å². The van der Waals surface area contributed by atoms with Gasteiger partial charge in [-0.2, -0.15) is 0 Å². The van der Waals surface area contributed by atoms with Gasteiger partial charge in [-0.15, -0.1) is 0 Å². The van der Waals surface area contributed by atoms with Crippen LogP contribution in [0.5, 0.6) is 0 Å². The molecule has 0 saturated heterocycles. The minimum absolute atomic E-state index is 0.152. The molecule has 1 heterocycles. The third-order valence-electron chi connectivity index (χ3n) is 1.63. The molecule has 0 unspecified atom stereocenters. The van der Waals surface area contributed by atoms with Crippen LogP contribution in [-0.2, 0) is 14.3 Å². The van der Waals surface area contributed by atoms with Crippen molar-refractivity contribution >= 4 is 17.8 Å². The Balaban J connectivity index is 2.35. The molecular weight excluding hydrogens is 214 g/mol. The van der Waals surface area contributed by atoms with E-state index in [0.717, 1.165) is 0 Å². The summed E-state index contributed by atoms with van der Waals surface area (Å²) in [5.41, 5.74) is 0. The summed E-state index contributed by atoms with van der Waals surface area (Å²) in [5.74, 6) is -1.47. The van der Waals surface area contributed by atoms with E-state index in [0.29, 0.717) is 0 Å². The quantitative estimate of drug-likeness (QED) is 0.725. The lowest BCUT2D eigenvalue weighted by atomic mass is 10.4. The second kappa shape index (κ2) is 5.76. The van der Waals surface area contributed by atoms with Gasteiger partial charge < -0.3 is 9.84 Å². The van der Waals surface area contributed by atoms with Crippen molar-refractivity contribution in [2.45, 2.75) is 13.0 Å². The van der Waals surface area contributed by atoms with Gasteiger partial charge in [0, 0.05) is 12.4 Å². The van der Waals surface area contributed by atoms with Gasteiger partial charge in [0.15, 0.2) is 6.10 Å². The Morgan fingerprint density at radius 2 is 2.12 bits per heavy atom. The van der Waals surface area contributed by atoms with Crippen molar-refractivity contribution in [1.29, 1.82) is 0 Å². The van der Waals surface area contributed by atoms with Crippen LogP contribution in [0, 0.1) is 0 Å². The summed E-state index contributed by atoms with van der Waals surface area (Å²) in [6.45, 7) is 0.986. The molecule has 0 radical (unpaired) electrons. The number of carboxylic acids is 1. The average Bonchev–Trinajstić information content (AvgIpc) is 2.27. The van der Waals surface area contributed by atoms with Crippen molar-refractivity contribution < 1.29 is 19.4 Å². The fraction of sp³-hybridized carbons (Fsp3) is 0.333. The molecule has 0 aliphatic rings. The van der Waals surface area contributed by atoms with Crippen molar-refractivity contribution in [2.75, 3.05) is 11.9 Å². The molecule has 16 heavy (non-hydrogen) atoms. The van der Waals surface area contributed by atoms with Crippen LogP contribution in [0.2, 0.25) is 0 Å². The molecule has 0 spiro atoms. The summed E-state index contributed by atoms with van der Waals surface area (Å²) in [4.78, 5) is 29.2. The van der Waals surface area contributed by atoms with Gasteiger partial charge in [-0.05, 0) is 13.0 Å². The number of aliphatic carboxylic acids is 1. The first-order chi connectivity index (χ1) is 7.59. The molecule has 1 atom stereocenters. The van der Waals surface area contributed by atoms with Crippen LogP contribution < -0.4 is 5.32 Å². The zero-order valence-electron chi connectivity index (χ0n) is 8.58. The van der Waals surface area contributed by atoms with Crippen molar-refractivity contribution in [3.63, 3.8) is 0 Å². The summed E-state index contributed by atoms with van der Waals surface area (Å²) in [6, 6.07) is 1.61. The second-order valence-corrected chi connectivity index (χ2v) is 2.91. The number of nitrogens with zero attached hydrogens (tertiary/aromatic N) is 2. The predicted octanol–water partition coefficient (Wildman–Crippen LogP) is -0.0952. The fourth-order valence-electron chi connectivity index (χ4n) is 0.796. The van der Waals surface area contributed by atoms with Crippen LogP contribution in [-0.4, -0.2) is 39.7 Å². The first-order valence-electron chi connectivity index (χ1n) is 4.51. The number of nitrogens with one attached hydrogen (secondary N) is 1. The number of ether oxygens (including phenoxy) is 1. The van der Waals surface area contributed by atoms with Gasteiger partial charge in [0.25, 0.3) is 5.91 Å². The number of aromatic nitrogens is 2. The lowest BCUT2D eigenvalue weighted by Gasteiger charge is -2.07. The van der Waals surface area contributed by atoms with Crippen LogP contribution in [0.4, 0.5) is 5.95 Å². The highest BCUT2D eigenvalue weighted by molar-refractivity contribution is 5.90. The van der Waals surface area contributed by atoms with E-state index in [2.05, 4.69) is 15.3 Å². The molecular formula is C9H11N3O4. The van der Waals surface area contributed by atoms with E-state index in [1.165, 1.54) is 19.3 Å². The lowest BCUT2D eigenvalue weighted by Crippen LogP contribution is -2.27. The molecule has 1 aromatic rings. The van der Waals surface area contributed by atoms with Crippen LogP contribution in [0.15, 0.2) is 18.5 Å². The molecule has 0 bridgehead atoms. The van der Waals surface area contributed by atoms with Crippen LogP contribution in [0.25, 0.3) is 0 Å². The molecule has 0 aliphatic carbocycles. The minimum atomic E-state index is -1.12. The van der Waals surface area contributed by atoms with E-state index < -0.39 is 18.0 Å². The normalized spacial score (nSPS) is 11.8. The first kappa shape index (κ1) is 12.1. The monoisotopic (exact) mass is 225 g/mol. The highest BCUT2D eigenvalue weighted by atomic mass is 16.5. The summed E-state index contributed by atoms with van der Waals surface area (Å²) in [7, 11) is 0. The fourth-order valence-corrected chi connectivity index (χ4v) is 0.796. The number of hydrogen-bond donors (Lipinski definition) is 2. The molecule has 0 fully saturated rings. The van der Waals surface area contributed by atoms with E-state index in [9.17, 15) is 9.59 Å². The van der Waals surface area contributed by atoms with Gasteiger partial charge in [0.05, 0.1) is 0 Å². The Hall–Kier alpha value is -2.02. The van der Waals surface area contributed by atoms with Crippen molar-refractivity contribution in [2.24, 2.45) is 0 Å². The number of rotatable bonds is 5. The van der Waals surface area contributed by atoms with Crippen LogP contribution >= 0.6 is 0 Å². The summed E-state index contributed by atoms with van der Waals surface area (Å²) in [6.07, 6.45) is 1.93. The molecule has 86 valence electrons. The Morgan fingerprint density at radius 3 is 2.69 bits per heavy atom. The van der Waals surface area contributed by atoms with Gasteiger partial charge in [-0.3, -0.25) is 10.1 Å².